The van der Waals surface area contributed by atoms with Crippen LogP contribution in [0.4, 0.5) is 10.5 Å². The van der Waals surface area contributed by atoms with Crippen LogP contribution in [0.1, 0.15) is 25.3 Å². The molecule has 0 radical (unpaired) electrons. The lowest BCUT2D eigenvalue weighted by atomic mass is 10.2. The lowest BCUT2D eigenvalue weighted by Crippen LogP contribution is -2.31. The number of urea groups is 1. The van der Waals surface area contributed by atoms with E-state index in [1.165, 1.54) is 0 Å². The van der Waals surface area contributed by atoms with Crippen LogP contribution in [-0.2, 0) is 11.3 Å². The van der Waals surface area contributed by atoms with Crippen molar-refractivity contribution in [2.45, 2.75) is 32.5 Å². The summed E-state index contributed by atoms with van der Waals surface area (Å²) >= 11 is 0. The summed E-state index contributed by atoms with van der Waals surface area (Å²) < 4.78 is 5.04. The second kappa shape index (κ2) is 8.50. The van der Waals surface area contributed by atoms with Gasteiger partial charge in [-0.05, 0) is 30.5 Å². The van der Waals surface area contributed by atoms with Gasteiger partial charge in [0.05, 0.1) is 12.7 Å². The van der Waals surface area contributed by atoms with Gasteiger partial charge in [0.1, 0.15) is 0 Å². The van der Waals surface area contributed by atoms with E-state index in [0.29, 0.717) is 26.0 Å². The molecule has 1 unspecified atom stereocenters. The number of hydrogen-bond acceptors (Lipinski definition) is 3. The van der Waals surface area contributed by atoms with Gasteiger partial charge < -0.3 is 20.5 Å². The number of ether oxygens (including phenoxy) is 1. The van der Waals surface area contributed by atoms with Crippen molar-refractivity contribution >= 4 is 11.7 Å². The van der Waals surface area contributed by atoms with Crippen LogP contribution < -0.4 is 10.6 Å². The van der Waals surface area contributed by atoms with Crippen LogP contribution in [0.25, 0.3) is 0 Å². The molecule has 0 saturated heterocycles. The summed E-state index contributed by atoms with van der Waals surface area (Å²) in [4.78, 5) is 11.6. The molecule has 0 aliphatic heterocycles. The molecule has 5 nitrogen and oxygen atoms in total. The Bertz CT molecular complexity index is 396. The molecule has 0 bridgehead atoms. The second-order valence-corrected chi connectivity index (χ2v) is 4.37. The first kappa shape index (κ1) is 15.5. The number of methoxy groups -OCH3 is 1. The zero-order valence-electron chi connectivity index (χ0n) is 11.5. The third-order valence-corrected chi connectivity index (χ3v) is 2.73. The van der Waals surface area contributed by atoms with Crippen molar-refractivity contribution < 1.29 is 14.6 Å². The minimum atomic E-state index is -0.356. The van der Waals surface area contributed by atoms with Gasteiger partial charge in [-0.25, -0.2) is 4.79 Å². The van der Waals surface area contributed by atoms with Crippen molar-refractivity contribution in [2.24, 2.45) is 0 Å². The lowest BCUT2D eigenvalue weighted by Gasteiger charge is -2.10. The predicted octanol–water partition coefficient (Wildman–Crippen LogP) is 2.12. The molecule has 2 amide bonds. The maximum atomic E-state index is 11.6. The highest BCUT2D eigenvalue weighted by atomic mass is 16.5. The number of aliphatic hydroxyl groups is 1. The van der Waals surface area contributed by atoms with Gasteiger partial charge in [-0.15, -0.1) is 0 Å². The summed E-state index contributed by atoms with van der Waals surface area (Å²) in [7, 11) is 1.63. The molecule has 0 aliphatic carbocycles. The number of aliphatic hydroxyl groups excluding tert-OH is 1. The molecular formula is C14H22N2O3. The Hall–Kier alpha value is -1.59. The first-order valence-electron chi connectivity index (χ1n) is 6.46. The number of carbonyl (C=O) groups is 1. The van der Waals surface area contributed by atoms with Gasteiger partial charge in [-0.1, -0.05) is 19.1 Å². The fourth-order valence-corrected chi connectivity index (χ4v) is 1.64. The number of benzene rings is 1. The summed E-state index contributed by atoms with van der Waals surface area (Å²) in [5, 5.41) is 14.8. The quantitative estimate of drug-likeness (QED) is 0.708. The van der Waals surface area contributed by atoms with E-state index in [9.17, 15) is 9.90 Å². The Balaban J connectivity index is 2.37. The molecule has 0 aliphatic rings. The Morgan fingerprint density at radius 1 is 1.47 bits per heavy atom. The third kappa shape index (κ3) is 6.22. The van der Waals surface area contributed by atoms with Crippen LogP contribution in [0.3, 0.4) is 0 Å². The summed E-state index contributed by atoms with van der Waals surface area (Å²) in [6, 6.07) is 7.22. The Morgan fingerprint density at radius 2 is 2.26 bits per heavy atom. The van der Waals surface area contributed by atoms with Crippen molar-refractivity contribution in [3.8, 4) is 0 Å². The average molecular weight is 266 g/mol. The molecule has 1 aromatic rings. The fraction of sp³-hybridized carbons (Fsp3) is 0.500. The minimum absolute atomic E-state index is 0.266. The van der Waals surface area contributed by atoms with Gasteiger partial charge in [-0.3, -0.25) is 0 Å². The highest BCUT2D eigenvalue weighted by molar-refractivity contribution is 5.89. The molecule has 1 atom stereocenters. The van der Waals surface area contributed by atoms with Gasteiger partial charge in [0.15, 0.2) is 0 Å². The summed E-state index contributed by atoms with van der Waals surface area (Å²) in [6.45, 7) is 2.88. The SMILES string of the molecule is CCC(O)CCNC(=O)Nc1cccc(COC)c1. The number of carbonyl (C=O) groups excluding carboxylic acids is 1. The van der Waals surface area contributed by atoms with Crippen molar-refractivity contribution in [2.75, 3.05) is 19.0 Å². The van der Waals surface area contributed by atoms with Crippen LogP contribution in [0.5, 0.6) is 0 Å². The first-order valence-corrected chi connectivity index (χ1v) is 6.46. The van der Waals surface area contributed by atoms with Crippen LogP contribution in [0.15, 0.2) is 24.3 Å². The van der Waals surface area contributed by atoms with Gasteiger partial charge in [0, 0.05) is 19.3 Å². The number of amides is 2. The number of anilines is 1. The Morgan fingerprint density at radius 3 is 2.95 bits per heavy atom. The van der Waals surface area contributed by atoms with Crippen LogP contribution in [0.2, 0.25) is 0 Å². The standard InChI is InChI=1S/C14H22N2O3/c1-3-13(17)7-8-15-14(18)16-12-6-4-5-11(9-12)10-19-2/h4-6,9,13,17H,3,7-8,10H2,1-2H3,(H2,15,16,18). The van der Waals surface area contributed by atoms with E-state index in [4.69, 9.17) is 4.74 Å². The van der Waals surface area contributed by atoms with Crippen molar-refractivity contribution in [3.05, 3.63) is 29.8 Å². The lowest BCUT2D eigenvalue weighted by molar-refractivity contribution is 0.160. The maximum Gasteiger partial charge on any atom is 0.319 e. The van der Waals surface area contributed by atoms with E-state index in [2.05, 4.69) is 10.6 Å². The van der Waals surface area contributed by atoms with E-state index < -0.39 is 0 Å². The zero-order chi connectivity index (χ0) is 14.1. The van der Waals surface area contributed by atoms with E-state index in [0.717, 1.165) is 11.3 Å². The monoisotopic (exact) mass is 266 g/mol. The van der Waals surface area contributed by atoms with Gasteiger partial charge in [0.25, 0.3) is 0 Å². The van der Waals surface area contributed by atoms with Crippen LogP contribution in [-0.4, -0.2) is 30.9 Å². The Labute approximate surface area is 114 Å². The zero-order valence-corrected chi connectivity index (χ0v) is 11.5. The van der Waals surface area contributed by atoms with E-state index >= 15 is 0 Å². The smallest absolute Gasteiger partial charge is 0.319 e. The van der Waals surface area contributed by atoms with E-state index in [1.807, 2.05) is 31.2 Å². The van der Waals surface area contributed by atoms with Crippen LogP contribution in [0, 0.1) is 0 Å². The van der Waals surface area contributed by atoms with Gasteiger partial charge >= 0.3 is 6.03 Å². The molecule has 1 aromatic carbocycles. The molecule has 0 heterocycles. The molecule has 1 rings (SSSR count). The van der Waals surface area contributed by atoms with Crippen molar-refractivity contribution in [1.29, 1.82) is 0 Å². The van der Waals surface area contributed by atoms with Gasteiger partial charge in [-0.2, -0.15) is 0 Å². The topological polar surface area (TPSA) is 70.6 Å². The molecule has 0 aromatic heterocycles. The molecule has 3 N–H and O–H groups in total. The number of nitrogens with one attached hydrogen (secondary N) is 2. The molecule has 106 valence electrons. The molecule has 19 heavy (non-hydrogen) atoms. The summed E-state index contributed by atoms with van der Waals surface area (Å²) in [6.07, 6.45) is 0.904. The molecular weight excluding hydrogens is 244 g/mol. The van der Waals surface area contributed by atoms with Crippen molar-refractivity contribution in [3.63, 3.8) is 0 Å². The molecule has 5 heteroatoms. The first-order chi connectivity index (χ1) is 9.15. The predicted molar refractivity (Wildman–Crippen MR) is 75.1 cm³/mol. The second-order valence-electron chi connectivity index (χ2n) is 4.37. The summed E-state index contributed by atoms with van der Waals surface area (Å²) in [5.74, 6) is 0. The number of hydrogen-bond donors (Lipinski definition) is 3. The largest absolute Gasteiger partial charge is 0.393 e. The van der Waals surface area contributed by atoms with Crippen molar-refractivity contribution in [1.82, 2.24) is 5.32 Å². The van der Waals surface area contributed by atoms with E-state index in [1.54, 1.807) is 7.11 Å². The maximum absolute atomic E-state index is 11.6. The third-order valence-electron chi connectivity index (χ3n) is 2.73. The fourth-order valence-electron chi connectivity index (χ4n) is 1.64. The van der Waals surface area contributed by atoms with Crippen LogP contribution >= 0.6 is 0 Å². The molecule has 0 fully saturated rings. The summed E-state index contributed by atoms with van der Waals surface area (Å²) in [5.41, 5.74) is 1.73. The molecule has 0 spiro atoms. The average Bonchev–Trinajstić information content (AvgIpc) is 2.39. The minimum Gasteiger partial charge on any atom is -0.393 e. The van der Waals surface area contributed by atoms with E-state index in [-0.39, 0.29) is 12.1 Å². The number of rotatable bonds is 7. The van der Waals surface area contributed by atoms with Gasteiger partial charge in [0.2, 0.25) is 0 Å². The highest BCUT2D eigenvalue weighted by Gasteiger charge is 2.04. The molecule has 0 saturated carbocycles. The Kier molecular flexibility index (Phi) is 6.92. The normalized spacial score (nSPS) is 11.9. The highest BCUT2D eigenvalue weighted by Crippen LogP contribution is 2.11.